The molecule has 8 nitrogen and oxygen atoms in total. The summed E-state index contributed by atoms with van der Waals surface area (Å²) >= 11 is 0. The first-order valence-corrected chi connectivity index (χ1v) is 7.84. The summed E-state index contributed by atoms with van der Waals surface area (Å²) in [7, 11) is 0. The van der Waals surface area contributed by atoms with Crippen LogP contribution in [0.1, 0.15) is 36.8 Å². The van der Waals surface area contributed by atoms with E-state index in [1.54, 1.807) is 19.1 Å². The molecule has 0 saturated carbocycles. The van der Waals surface area contributed by atoms with Gasteiger partial charge < -0.3 is 20.3 Å². The topological polar surface area (TPSA) is 112 Å². The highest BCUT2D eigenvalue weighted by atomic mass is 16.5. The van der Waals surface area contributed by atoms with Gasteiger partial charge in [0.2, 0.25) is 5.91 Å². The summed E-state index contributed by atoms with van der Waals surface area (Å²) in [6, 6.07) is 3.27. The van der Waals surface area contributed by atoms with Gasteiger partial charge in [-0.25, -0.2) is 0 Å². The lowest BCUT2D eigenvalue weighted by molar-refractivity contribution is -0.175. The molecule has 8 heteroatoms. The molecule has 130 valence electrons. The van der Waals surface area contributed by atoms with Gasteiger partial charge in [-0.3, -0.25) is 19.5 Å². The third-order valence-electron chi connectivity index (χ3n) is 4.90. The van der Waals surface area contributed by atoms with Gasteiger partial charge in [-0.1, -0.05) is 13.8 Å². The zero-order valence-electron chi connectivity index (χ0n) is 13.8. The average Bonchev–Trinajstić information content (AvgIpc) is 2.95. The van der Waals surface area contributed by atoms with Gasteiger partial charge >= 0.3 is 0 Å². The fourth-order valence-electron chi connectivity index (χ4n) is 3.21. The maximum absolute atomic E-state index is 13.0. The number of aliphatic hydroxyl groups excluding tert-OH is 2. The highest BCUT2D eigenvalue weighted by Crippen LogP contribution is 2.48. The Labute approximate surface area is 139 Å². The molecule has 24 heavy (non-hydrogen) atoms. The van der Waals surface area contributed by atoms with E-state index in [2.05, 4.69) is 10.3 Å². The fraction of sp³-hybridized carbons (Fsp3) is 0.562. The van der Waals surface area contributed by atoms with E-state index in [1.807, 2.05) is 13.8 Å². The molecule has 1 saturated heterocycles. The van der Waals surface area contributed by atoms with Gasteiger partial charge in [0, 0.05) is 6.20 Å². The molecule has 1 fully saturated rings. The van der Waals surface area contributed by atoms with Crippen molar-refractivity contribution in [1.29, 1.82) is 0 Å². The van der Waals surface area contributed by atoms with Crippen molar-refractivity contribution in [2.75, 3.05) is 13.2 Å². The van der Waals surface area contributed by atoms with E-state index in [0.717, 1.165) is 0 Å². The van der Waals surface area contributed by atoms with Crippen LogP contribution in [0.2, 0.25) is 0 Å². The minimum absolute atomic E-state index is 0.177. The molecule has 0 radical (unpaired) electrons. The van der Waals surface area contributed by atoms with Crippen LogP contribution in [0.3, 0.4) is 0 Å². The SMILES string of the molecule is CC(C)C1(C)C(=O)NC2(OCC(O)CO)c3ncccc3C(=O)N21. The molecular formula is C16H21N3O5. The smallest absolute Gasteiger partial charge is 0.271 e. The van der Waals surface area contributed by atoms with Crippen LogP contribution >= 0.6 is 0 Å². The lowest BCUT2D eigenvalue weighted by Crippen LogP contribution is -2.56. The summed E-state index contributed by atoms with van der Waals surface area (Å²) in [4.78, 5) is 31.3. The molecule has 0 aliphatic carbocycles. The second kappa shape index (κ2) is 5.51. The Kier molecular flexibility index (Phi) is 3.86. The van der Waals surface area contributed by atoms with Crippen molar-refractivity contribution >= 4 is 11.8 Å². The monoisotopic (exact) mass is 335 g/mol. The number of hydrogen-bond donors (Lipinski definition) is 3. The number of amides is 2. The van der Waals surface area contributed by atoms with Crippen molar-refractivity contribution in [2.24, 2.45) is 5.92 Å². The van der Waals surface area contributed by atoms with Crippen molar-refractivity contribution in [3.05, 3.63) is 29.6 Å². The van der Waals surface area contributed by atoms with E-state index in [1.165, 1.54) is 11.1 Å². The number of fused-ring (bicyclic) bond motifs is 3. The van der Waals surface area contributed by atoms with Gasteiger partial charge in [-0.2, -0.15) is 0 Å². The standard InChI is InChI=1S/C16H21N3O5/c1-9(2)15(3)14(23)18-16(24-8-10(21)7-20)12-11(5-4-6-17-12)13(22)19(15)16/h4-6,9-10,20-21H,7-8H2,1-3H3,(H,18,23). The normalized spacial score (nSPS) is 29.7. The molecule has 0 bridgehead atoms. The number of ether oxygens (including phenoxy) is 1. The van der Waals surface area contributed by atoms with Crippen LogP contribution in [-0.4, -0.2) is 56.8 Å². The number of nitrogens with zero attached hydrogens (tertiary/aromatic N) is 2. The summed E-state index contributed by atoms with van der Waals surface area (Å²) in [6.45, 7) is 4.63. The molecule has 1 aromatic heterocycles. The second-order valence-corrected chi connectivity index (χ2v) is 6.59. The van der Waals surface area contributed by atoms with E-state index in [-0.39, 0.29) is 30.0 Å². The molecule has 2 amide bonds. The van der Waals surface area contributed by atoms with E-state index in [0.29, 0.717) is 5.56 Å². The van der Waals surface area contributed by atoms with Crippen LogP contribution in [0, 0.1) is 5.92 Å². The van der Waals surface area contributed by atoms with Crippen molar-refractivity contribution in [3.63, 3.8) is 0 Å². The highest BCUT2D eigenvalue weighted by molar-refractivity contribution is 6.06. The Balaban J connectivity index is 2.14. The highest BCUT2D eigenvalue weighted by Gasteiger charge is 2.68. The van der Waals surface area contributed by atoms with Crippen LogP contribution in [-0.2, 0) is 15.4 Å². The predicted molar refractivity (Wildman–Crippen MR) is 82.5 cm³/mol. The Morgan fingerprint density at radius 1 is 1.42 bits per heavy atom. The third kappa shape index (κ3) is 2.00. The Morgan fingerprint density at radius 3 is 2.75 bits per heavy atom. The molecular weight excluding hydrogens is 314 g/mol. The zero-order chi connectivity index (χ0) is 17.7. The van der Waals surface area contributed by atoms with Crippen LogP contribution < -0.4 is 5.32 Å². The van der Waals surface area contributed by atoms with E-state index >= 15 is 0 Å². The van der Waals surface area contributed by atoms with Gasteiger partial charge in [-0.05, 0) is 25.0 Å². The molecule has 2 aliphatic heterocycles. The van der Waals surface area contributed by atoms with Crippen LogP contribution in [0.5, 0.6) is 0 Å². The quantitative estimate of drug-likeness (QED) is 0.673. The number of aromatic nitrogens is 1. The van der Waals surface area contributed by atoms with Crippen molar-refractivity contribution in [1.82, 2.24) is 15.2 Å². The van der Waals surface area contributed by atoms with Crippen molar-refractivity contribution in [2.45, 2.75) is 38.3 Å². The third-order valence-corrected chi connectivity index (χ3v) is 4.90. The molecule has 3 unspecified atom stereocenters. The first-order chi connectivity index (χ1) is 11.3. The van der Waals surface area contributed by atoms with Crippen molar-refractivity contribution in [3.8, 4) is 0 Å². The van der Waals surface area contributed by atoms with Gasteiger partial charge in [0.1, 0.15) is 17.3 Å². The number of carbonyl (C=O) groups is 2. The van der Waals surface area contributed by atoms with E-state index < -0.39 is 24.1 Å². The summed E-state index contributed by atoms with van der Waals surface area (Å²) in [6.07, 6.45) is 0.382. The van der Waals surface area contributed by atoms with Crippen molar-refractivity contribution < 1.29 is 24.5 Å². The average molecular weight is 335 g/mol. The molecule has 3 N–H and O–H groups in total. The molecule has 3 rings (SSSR count). The van der Waals surface area contributed by atoms with Gasteiger partial charge in [0.15, 0.2) is 0 Å². The number of pyridine rings is 1. The Hall–Kier alpha value is -2.03. The van der Waals surface area contributed by atoms with Crippen LogP contribution in [0.15, 0.2) is 18.3 Å². The predicted octanol–water partition coefficient (Wildman–Crippen LogP) is -0.438. The van der Waals surface area contributed by atoms with E-state index in [9.17, 15) is 14.7 Å². The van der Waals surface area contributed by atoms with Gasteiger partial charge in [-0.15, -0.1) is 0 Å². The minimum Gasteiger partial charge on any atom is -0.394 e. The van der Waals surface area contributed by atoms with Gasteiger partial charge in [0.25, 0.3) is 11.8 Å². The number of rotatable bonds is 5. The minimum atomic E-state index is -1.57. The summed E-state index contributed by atoms with van der Waals surface area (Å²) in [5.41, 5.74) is -0.484. The number of aliphatic hydroxyl groups is 2. The molecule has 0 aromatic carbocycles. The van der Waals surface area contributed by atoms with Crippen LogP contribution in [0.4, 0.5) is 0 Å². The maximum Gasteiger partial charge on any atom is 0.271 e. The molecule has 3 heterocycles. The maximum atomic E-state index is 13.0. The Bertz CT molecular complexity index is 694. The molecule has 1 aromatic rings. The lowest BCUT2D eigenvalue weighted by atomic mass is 9.87. The fourth-order valence-corrected chi connectivity index (χ4v) is 3.21. The van der Waals surface area contributed by atoms with Gasteiger partial charge in [0.05, 0.1) is 18.8 Å². The first kappa shape index (κ1) is 16.8. The first-order valence-electron chi connectivity index (χ1n) is 7.84. The summed E-state index contributed by atoms with van der Waals surface area (Å²) in [5, 5.41) is 21.4. The lowest BCUT2D eigenvalue weighted by Gasteiger charge is -2.39. The summed E-state index contributed by atoms with van der Waals surface area (Å²) < 4.78 is 5.78. The zero-order valence-corrected chi connectivity index (χ0v) is 13.8. The largest absolute Gasteiger partial charge is 0.394 e. The molecule has 2 aliphatic rings. The second-order valence-electron chi connectivity index (χ2n) is 6.59. The summed E-state index contributed by atoms with van der Waals surface area (Å²) in [5.74, 6) is -2.45. The van der Waals surface area contributed by atoms with Crippen LogP contribution in [0.25, 0.3) is 0 Å². The number of nitrogens with one attached hydrogen (secondary N) is 1. The van der Waals surface area contributed by atoms with E-state index in [4.69, 9.17) is 9.84 Å². The molecule has 3 atom stereocenters. The number of carbonyl (C=O) groups excluding carboxylic acids is 2. The molecule has 0 spiro atoms. The Morgan fingerprint density at radius 2 is 2.12 bits per heavy atom. The number of hydrogen-bond acceptors (Lipinski definition) is 6.